The predicted octanol–water partition coefficient (Wildman–Crippen LogP) is 3.31. The van der Waals surface area contributed by atoms with Crippen molar-refractivity contribution in [2.75, 3.05) is 24.2 Å². The highest BCUT2D eigenvalue weighted by atomic mass is 35.5. The van der Waals surface area contributed by atoms with Crippen LogP contribution in [0, 0.1) is 11.3 Å². The average molecular weight is 448 g/mol. The number of amides is 1. The van der Waals surface area contributed by atoms with Gasteiger partial charge in [-0.3, -0.25) is 4.79 Å². The molecule has 2 fully saturated rings. The van der Waals surface area contributed by atoms with Gasteiger partial charge in [-0.25, -0.2) is 9.19 Å². The quantitative estimate of drug-likeness (QED) is 0.690. The number of anilines is 1. The summed E-state index contributed by atoms with van der Waals surface area (Å²) in [6, 6.07) is 7.21. The molecule has 0 spiro atoms. The molecule has 10 heteroatoms. The van der Waals surface area contributed by atoms with Gasteiger partial charge in [0.05, 0.1) is 26.9 Å². The van der Waals surface area contributed by atoms with Crippen LogP contribution in [0.2, 0.25) is 5.02 Å². The van der Waals surface area contributed by atoms with Crippen molar-refractivity contribution < 1.29 is 13.5 Å². The van der Waals surface area contributed by atoms with Gasteiger partial charge >= 0.3 is 0 Å². The molecule has 1 unspecified atom stereocenters. The van der Waals surface area contributed by atoms with E-state index in [0.717, 1.165) is 18.5 Å². The summed E-state index contributed by atoms with van der Waals surface area (Å²) in [6.07, 6.45) is 4.98. The number of nitrogens with zero attached hydrogens (tertiary/aromatic N) is 5. The first-order chi connectivity index (χ1) is 14.4. The van der Waals surface area contributed by atoms with Crippen LogP contribution in [0.15, 0.2) is 27.1 Å². The Hall–Kier alpha value is -2.44. The molecule has 1 amide bonds. The lowest BCUT2D eigenvalue weighted by Crippen LogP contribution is -2.39. The third-order valence-corrected chi connectivity index (χ3v) is 8.08. The zero-order chi connectivity index (χ0) is 21.3. The monoisotopic (exact) mass is 447 g/mol. The van der Waals surface area contributed by atoms with Gasteiger partial charge in [0.15, 0.2) is 5.69 Å². The molecule has 1 saturated carbocycles. The minimum Gasteiger partial charge on any atom is -0.361 e. The van der Waals surface area contributed by atoms with Crippen molar-refractivity contribution in [3.63, 3.8) is 0 Å². The van der Waals surface area contributed by atoms with E-state index in [1.165, 1.54) is 0 Å². The van der Waals surface area contributed by atoms with Crippen molar-refractivity contribution in [1.82, 2.24) is 10.1 Å². The molecule has 8 nitrogen and oxygen atoms in total. The van der Waals surface area contributed by atoms with Gasteiger partial charge in [-0.2, -0.15) is 9.62 Å². The molecule has 0 bridgehead atoms. The van der Waals surface area contributed by atoms with Crippen LogP contribution in [0.3, 0.4) is 0 Å². The van der Waals surface area contributed by atoms with Gasteiger partial charge < -0.3 is 9.42 Å². The van der Waals surface area contributed by atoms with Crippen molar-refractivity contribution >= 4 is 33.1 Å². The lowest BCUT2D eigenvalue weighted by molar-refractivity contribution is -0.117. The normalized spacial score (nSPS) is 19.2. The van der Waals surface area contributed by atoms with Crippen LogP contribution in [-0.2, 0) is 20.9 Å². The largest absolute Gasteiger partial charge is 0.361 e. The number of pyridine rings is 1. The Morgan fingerprint density at radius 2 is 2.10 bits per heavy atom. The maximum atomic E-state index is 13.1. The first kappa shape index (κ1) is 20.8. The smallest absolute Gasteiger partial charge is 0.261 e. The number of carbonyl (C=O) groups is 1. The molecular weight excluding hydrogens is 426 g/mol. The predicted molar refractivity (Wildman–Crippen MR) is 113 cm³/mol. The van der Waals surface area contributed by atoms with Crippen LogP contribution in [0.25, 0.3) is 0 Å². The number of hydrogen-bond acceptors (Lipinski definition) is 7. The summed E-state index contributed by atoms with van der Waals surface area (Å²) >= 11 is 5.95. The zero-order valence-electron chi connectivity index (χ0n) is 16.6. The molecule has 4 rings (SSSR count). The molecule has 2 aromatic rings. The highest BCUT2D eigenvalue weighted by Crippen LogP contribution is 2.39. The number of piperidine rings is 1. The van der Waals surface area contributed by atoms with Crippen molar-refractivity contribution in [1.29, 1.82) is 5.26 Å². The van der Waals surface area contributed by atoms with Crippen LogP contribution in [-0.4, -0.2) is 44.9 Å². The van der Waals surface area contributed by atoms with E-state index in [9.17, 15) is 9.00 Å². The third-order valence-electron chi connectivity index (χ3n) is 5.50. The van der Waals surface area contributed by atoms with E-state index in [0.29, 0.717) is 48.4 Å². The molecule has 30 heavy (non-hydrogen) atoms. The van der Waals surface area contributed by atoms with Gasteiger partial charge in [0.1, 0.15) is 17.6 Å². The summed E-state index contributed by atoms with van der Waals surface area (Å²) in [5.41, 5.74) is 1.08. The minimum atomic E-state index is -2.68. The van der Waals surface area contributed by atoms with Crippen molar-refractivity contribution in [3.8, 4) is 6.07 Å². The summed E-state index contributed by atoms with van der Waals surface area (Å²) in [4.78, 5) is 18.7. The number of halogens is 1. The van der Waals surface area contributed by atoms with Crippen LogP contribution in [0.1, 0.15) is 48.7 Å². The maximum absolute atomic E-state index is 13.1. The first-order valence-corrected chi connectivity index (χ1v) is 12.2. The number of aromatic nitrogens is 2. The molecule has 2 aromatic heterocycles. The van der Waals surface area contributed by atoms with Crippen LogP contribution < -0.4 is 4.90 Å². The molecule has 158 valence electrons. The topological polar surface area (TPSA) is 112 Å². The fourth-order valence-electron chi connectivity index (χ4n) is 3.65. The second-order valence-electron chi connectivity index (χ2n) is 7.81. The molecule has 0 N–H and O–H groups in total. The van der Waals surface area contributed by atoms with Gasteiger partial charge in [-0.1, -0.05) is 16.8 Å². The fourth-order valence-corrected chi connectivity index (χ4v) is 5.50. The molecule has 1 aliphatic carbocycles. The van der Waals surface area contributed by atoms with Crippen LogP contribution in [0.4, 0.5) is 5.82 Å². The van der Waals surface area contributed by atoms with E-state index in [1.807, 2.05) is 11.0 Å². The Morgan fingerprint density at radius 1 is 1.37 bits per heavy atom. The maximum Gasteiger partial charge on any atom is 0.261 e. The Bertz CT molecular complexity index is 1120. The lowest BCUT2D eigenvalue weighted by Gasteiger charge is -2.33. The summed E-state index contributed by atoms with van der Waals surface area (Å²) in [6.45, 7) is 1.23. The number of rotatable bonds is 5. The van der Waals surface area contributed by atoms with E-state index in [4.69, 9.17) is 21.4 Å². The number of carbonyl (C=O) groups excluding carboxylic acids is 1. The Labute approximate surface area is 180 Å². The van der Waals surface area contributed by atoms with Gasteiger partial charge in [0.25, 0.3) is 5.91 Å². The molecular formula is C20H22ClN5O3S. The molecule has 1 saturated heterocycles. The molecule has 0 radical (unpaired) electrons. The summed E-state index contributed by atoms with van der Waals surface area (Å²) < 4.78 is 22.4. The van der Waals surface area contributed by atoms with E-state index >= 15 is 0 Å². The average Bonchev–Trinajstić information content (AvgIpc) is 3.47. The molecule has 2 aliphatic rings. The van der Waals surface area contributed by atoms with Gasteiger partial charge in [0.2, 0.25) is 0 Å². The highest BCUT2D eigenvalue weighted by Gasteiger charge is 2.29. The van der Waals surface area contributed by atoms with E-state index in [1.54, 1.807) is 24.5 Å². The van der Waals surface area contributed by atoms with Gasteiger partial charge in [0, 0.05) is 36.6 Å². The fraction of sp³-hybridized carbons (Fsp3) is 0.500. The molecule has 3 heterocycles. The Balaban J connectivity index is 1.38. The summed E-state index contributed by atoms with van der Waals surface area (Å²) in [7, 11) is -2.68. The van der Waals surface area contributed by atoms with Crippen molar-refractivity contribution in [3.05, 3.63) is 40.4 Å². The van der Waals surface area contributed by atoms with Gasteiger partial charge in [-0.15, -0.1) is 0 Å². The van der Waals surface area contributed by atoms with Gasteiger partial charge in [-0.05, 0) is 37.8 Å². The van der Waals surface area contributed by atoms with Crippen molar-refractivity contribution in [2.45, 2.75) is 43.3 Å². The number of nitriles is 1. The standard InChI is InChI=1S/C20H22ClN5O3S/c1-30(28,25-20(27)11-14-10-17(24-29-14)13-2-3-13)15-6-8-26(9-7-15)19-5-4-16(21)18(12-22)23-19/h4-5,10,13,15H,2-3,6-9,11H2,1H3. The Morgan fingerprint density at radius 3 is 2.77 bits per heavy atom. The van der Waals surface area contributed by atoms with Crippen LogP contribution >= 0.6 is 11.6 Å². The van der Waals surface area contributed by atoms with Crippen LogP contribution in [0.5, 0.6) is 0 Å². The van der Waals surface area contributed by atoms with E-state index < -0.39 is 15.6 Å². The third kappa shape index (κ3) is 4.65. The number of hydrogen-bond donors (Lipinski definition) is 0. The minimum absolute atomic E-state index is 0.0188. The van der Waals surface area contributed by atoms with E-state index in [-0.39, 0.29) is 17.4 Å². The first-order valence-electron chi connectivity index (χ1n) is 9.86. The second-order valence-corrected chi connectivity index (χ2v) is 10.8. The SMILES string of the molecule is CS(=O)(=NC(=O)Cc1cc(C2CC2)no1)C1CCN(c2ccc(Cl)c(C#N)n2)CC1. The van der Waals surface area contributed by atoms with Crippen molar-refractivity contribution in [2.24, 2.45) is 4.36 Å². The molecule has 1 aliphatic heterocycles. The molecule has 1 atom stereocenters. The Kier molecular flexibility index (Phi) is 5.80. The lowest BCUT2D eigenvalue weighted by atomic mass is 10.1. The summed E-state index contributed by atoms with van der Waals surface area (Å²) in [5.74, 6) is 1.15. The second kappa shape index (κ2) is 8.36. The zero-order valence-corrected chi connectivity index (χ0v) is 18.2. The highest BCUT2D eigenvalue weighted by molar-refractivity contribution is 7.93. The molecule has 0 aromatic carbocycles. The summed E-state index contributed by atoms with van der Waals surface area (Å²) in [5, 5.41) is 13.2. The van der Waals surface area contributed by atoms with E-state index in [2.05, 4.69) is 14.5 Å².